The molecule has 0 aliphatic heterocycles. The summed E-state index contributed by atoms with van der Waals surface area (Å²) in [7, 11) is -1.67. The Hall–Kier alpha value is 0.127. The molecule has 114 valence electrons. The normalized spacial score (nSPS) is 18.9. The predicted molar refractivity (Wildman–Crippen MR) is 101 cm³/mol. The first-order valence-electron chi connectivity index (χ1n) is 7.47. The van der Waals surface area contributed by atoms with Gasteiger partial charge in [-0.2, -0.15) is 0 Å². The Morgan fingerprint density at radius 1 is 1.25 bits per heavy atom. The fourth-order valence-corrected chi connectivity index (χ4v) is 3.44. The van der Waals surface area contributed by atoms with Crippen LogP contribution in [0.15, 0.2) is 34.5 Å². The summed E-state index contributed by atoms with van der Waals surface area (Å²) < 4.78 is 8.59. The van der Waals surface area contributed by atoms with E-state index in [9.17, 15) is 0 Å². The first-order valence-corrected chi connectivity index (χ1v) is 11.6. The smallest absolute Gasteiger partial charge is 0.192 e. The van der Waals surface area contributed by atoms with E-state index in [0.29, 0.717) is 0 Å². The molecule has 1 aliphatic rings. The molecule has 0 aromatic carbocycles. The minimum atomic E-state index is -1.67. The van der Waals surface area contributed by atoms with Gasteiger partial charge in [0.1, 0.15) is 0 Å². The minimum Gasteiger partial charge on any atom is -0.416 e. The number of hydrogen-bond donors (Lipinski definition) is 0. The van der Waals surface area contributed by atoms with Crippen molar-refractivity contribution in [3.05, 3.63) is 34.5 Å². The summed E-state index contributed by atoms with van der Waals surface area (Å²) in [6.45, 7) is 12.4. The molecule has 0 saturated carbocycles. The van der Waals surface area contributed by atoms with Gasteiger partial charge in [-0.15, -0.1) is 0 Å². The lowest BCUT2D eigenvalue weighted by Crippen LogP contribution is -2.43. The first-order chi connectivity index (χ1) is 9.22. The molecule has 0 heterocycles. The monoisotopic (exact) mass is 404 g/mol. The lowest BCUT2D eigenvalue weighted by molar-refractivity contribution is 0.200. The molecule has 0 spiro atoms. The maximum atomic E-state index is 6.48. The van der Waals surface area contributed by atoms with E-state index in [4.69, 9.17) is 4.43 Å². The molecule has 1 aliphatic carbocycles. The molecule has 0 unspecified atom stereocenters. The van der Waals surface area contributed by atoms with Crippen molar-refractivity contribution in [1.82, 2.24) is 0 Å². The van der Waals surface area contributed by atoms with Crippen LogP contribution in [-0.2, 0) is 4.43 Å². The summed E-state index contributed by atoms with van der Waals surface area (Å²) in [4.78, 5) is 0. The molecule has 0 radical (unpaired) electrons. The first kappa shape index (κ1) is 18.2. The minimum absolute atomic E-state index is 0.101. The van der Waals surface area contributed by atoms with Crippen molar-refractivity contribution in [2.75, 3.05) is 6.61 Å². The van der Waals surface area contributed by atoms with Crippen LogP contribution in [0, 0.1) is 5.41 Å². The number of allylic oxidation sites excluding steroid dienone is 3. The van der Waals surface area contributed by atoms with Gasteiger partial charge in [-0.3, -0.25) is 0 Å². The van der Waals surface area contributed by atoms with E-state index in [1.807, 2.05) is 0 Å². The van der Waals surface area contributed by atoms with Crippen LogP contribution >= 0.6 is 22.6 Å². The Labute approximate surface area is 139 Å². The van der Waals surface area contributed by atoms with E-state index in [1.165, 1.54) is 0 Å². The molecule has 3 heteroatoms. The lowest BCUT2D eigenvalue weighted by Gasteiger charge is -2.40. The van der Waals surface area contributed by atoms with Crippen LogP contribution < -0.4 is 0 Å². The molecular weight excluding hydrogens is 375 g/mol. The molecular formula is C17H29IOSi. The van der Waals surface area contributed by atoms with Crippen LogP contribution in [0.1, 0.15) is 40.0 Å². The third-order valence-electron chi connectivity index (χ3n) is 4.55. The topological polar surface area (TPSA) is 9.23 Å². The molecule has 0 aromatic rings. The van der Waals surface area contributed by atoms with Gasteiger partial charge >= 0.3 is 0 Å². The van der Waals surface area contributed by atoms with Crippen LogP contribution in [0.5, 0.6) is 0 Å². The highest BCUT2D eigenvalue weighted by molar-refractivity contribution is 14.1. The number of hydrogen-bond acceptors (Lipinski definition) is 1. The van der Waals surface area contributed by atoms with Crippen molar-refractivity contribution in [1.29, 1.82) is 0 Å². The Bertz CT molecular complexity index is 376. The van der Waals surface area contributed by atoms with Crippen LogP contribution in [0.25, 0.3) is 0 Å². The largest absolute Gasteiger partial charge is 0.416 e. The van der Waals surface area contributed by atoms with Gasteiger partial charge in [0, 0.05) is 12.0 Å². The van der Waals surface area contributed by atoms with Crippen molar-refractivity contribution in [2.24, 2.45) is 5.41 Å². The lowest BCUT2D eigenvalue weighted by atomic mass is 9.81. The van der Waals surface area contributed by atoms with Gasteiger partial charge in [0.2, 0.25) is 0 Å². The van der Waals surface area contributed by atoms with Crippen molar-refractivity contribution >= 4 is 30.9 Å². The van der Waals surface area contributed by atoms with Crippen LogP contribution in [0.4, 0.5) is 0 Å². The maximum Gasteiger partial charge on any atom is 0.192 e. The zero-order valence-electron chi connectivity index (χ0n) is 13.6. The Morgan fingerprint density at radius 3 is 2.35 bits per heavy atom. The second-order valence-corrected chi connectivity index (χ2v) is 12.8. The zero-order chi connectivity index (χ0) is 15.3. The Morgan fingerprint density at radius 2 is 1.85 bits per heavy atom. The molecule has 0 amide bonds. The highest BCUT2D eigenvalue weighted by Gasteiger charge is 2.39. The maximum absolute atomic E-state index is 6.48. The van der Waals surface area contributed by atoms with E-state index in [1.54, 1.807) is 0 Å². The highest BCUT2D eigenvalue weighted by Crippen LogP contribution is 2.39. The average Bonchev–Trinajstić information content (AvgIpc) is 2.37. The summed E-state index contributed by atoms with van der Waals surface area (Å²) in [6, 6.07) is 0. The van der Waals surface area contributed by atoms with Gasteiger partial charge in [-0.25, -0.2) is 0 Å². The molecule has 0 saturated heterocycles. The fourth-order valence-electron chi connectivity index (χ4n) is 2.02. The Kier molecular flexibility index (Phi) is 6.73. The molecule has 0 aromatic heterocycles. The third-order valence-corrected chi connectivity index (χ3v) is 9.53. The molecule has 0 N–H and O–H groups in total. The van der Waals surface area contributed by atoms with Gasteiger partial charge in [0.15, 0.2) is 8.32 Å². The van der Waals surface area contributed by atoms with Gasteiger partial charge in [-0.1, -0.05) is 73.7 Å². The second kappa shape index (κ2) is 7.41. The molecule has 0 atom stereocenters. The molecule has 0 fully saturated rings. The van der Waals surface area contributed by atoms with E-state index < -0.39 is 8.32 Å². The summed E-state index contributed by atoms with van der Waals surface area (Å²) in [5.41, 5.74) is 0.101. The van der Waals surface area contributed by atoms with Crippen molar-refractivity contribution in [2.45, 2.75) is 58.2 Å². The van der Waals surface area contributed by atoms with Crippen LogP contribution in [0.3, 0.4) is 0 Å². The third kappa shape index (κ3) is 5.15. The van der Waals surface area contributed by atoms with Crippen LogP contribution in [-0.4, -0.2) is 14.9 Å². The van der Waals surface area contributed by atoms with Crippen molar-refractivity contribution in [3.63, 3.8) is 0 Å². The summed E-state index contributed by atoms with van der Waals surface area (Å²) in [5, 5.41) is 0.276. The van der Waals surface area contributed by atoms with E-state index in [2.05, 4.69) is 90.9 Å². The summed E-state index contributed by atoms with van der Waals surface area (Å²) >= 11 is 2.29. The molecule has 1 rings (SSSR count). The average molecular weight is 404 g/mol. The molecule has 0 bridgehead atoms. The SMILES string of the molecule is CC(C)(C)[Si](C)(C)OCC1(CC/C=C/I)C=CCC=C1. The van der Waals surface area contributed by atoms with Gasteiger partial charge in [0.05, 0.1) is 0 Å². The van der Waals surface area contributed by atoms with E-state index >= 15 is 0 Å². The highest BCUT2D eigenvalue weighted by atomic mass is 127. The van der Waals surface area contributed by atoms with Gasteiger partial charge in [0.25, 0.3) is 0 Å². The Balaban J connectivity index is 2.74. The van der Waals surface area contributed by atoms with Crippen molar-refractivity contribution in [3.8, 4) is 0 Å². The quantitative estimate of drug-likeness (QED) is 0.289. The fraction of sp³-hybridized carbons (Fsp3) is 0.647. The summed E-state index contributed by atoms with van der Waals surface area (Å²) in [6.07, 6.45) is 14.8. The van der Waals surface area contributed by atoms with E-state index in [-0.39, 0.29) is 10.5 Å². The van der Waals surface area contributed by atoms with Crippen molar-refractivity contribution < 1.29 is 4.43 Å². The molecule has 20 heavy (non-hydrogen) atoms. The number of rotatable bonds is 6. The van der Waals surface area contributed by atoms with Crippen LogP contribution in [0.2, 0.25) is 18.1 Å². The number of halogens is 1. The zero-order valence-corrected chi connectivity index (χ0v) is 16.7. The molecule has 1 nitrogen and oxygen atoms in total. The standard InChI is InChI=1S/C17H29IOSi/c1-16(2,3)20(4,5)19-15-17(13-9-10-14-18)11-7-6-8-12-17/h7-8,10-12,14H,6,9,13,15H2,1-5H3/b14-10+. The van der Waals surface area contributed by atoms with Gasteiger partial charge in [-0.05, 0) is 41.5 Å². The summed E-state index contributed by atoms with van der Waals surface area (Å²) in [5.74, 6) is 0. The van der Waals surface area contributed by atoms with E-state index in [0.717, 1.165) is 25.9 Å². The second-order valence-electron chi connectivity index (χ2n) is 7.22. The predicted octanol–water partition coefficient (Wildman–Crippen LogP) is 6.24. The van der Waals surface area contributed by atoms with Gasteiger partial charge < -0.3 is 4.43 Å².